The normalized spacial score (nSPS) is 18.7. The molecule has 1 aliphatic rings. The van der Waals surface area contributed by atoms with E-state index in [9.17, 15) is 33.0 Å². The van der Waals surface area contributed by atoms with E-state index in [0.717, 1.165) is 29.7 Å². The summed E-state index contributed by atoms with van der Waals surface area (Å²) in [5, 5.41) is 22.0. The van der Waals surface area contributed by atoms with Crippen LogP contribution in [-0.4, -0.2) is 46.5 Å². The van der Waals surface area contributed by atoms with Crippen LogP contribution in [0.2, 0.25) is 0 Å². The zero-order valence-corrected chi connectivity index (χ0v) is 19.7. The molecule has 0 aromatic heterocycles. The molecule has 0 spiro atoms. The molecule has 2 aromatic rings. The van der Waals surface area contributed by atoms with Crippen LogP contribution in [0.25, 0.3) is 0 Å². The highest BCUT2D eigenvalue weighted by molar-refractivity contribution is 6.62. The number of aliphatic carboxylic acids is 1. The van der Waals surface area contributed by atoms with Crippen molar-refractivity contribution in [3.63, 3.8) is 0 Å². The van der Waals surface area contributed by atoms with Gasteiger partial charge in [0, 0.05) is 6.42 Å². The van der Waals surface area contributed by atoms with Crippen LogP contribution in [0.1, 0.15) is 50.5 Å². The average molecular weight is 493 g/mol. The first kappa shape index (κ1) is 26.7. The molecular weight excluding hydrogens is 466 g/mol. The third-order valence-corrected chi connectivity index (χ3v) is 6.36. The van der Waals surface area contributed by atoms with Crippen molar-refractivity contribution in [1.82, 2.24) is 5.32 Å². The summed E-state index contributed by atoms with van der Waals surface area (Å²) in [6.07, 6.45) is -6.47. The number of benzene rings is 2. The molecule has 35 heavy (non-hydrogen) atoms. The lowest BCUT2D eigenvalue weighted by Crippen LogP contribution is -2.44. The van der Waals surface area contributed by atoms with Crippen LogP contribution in [0, 0.1) is 0 Å². The van der Waals surface area contributed by atoms with E-state index in [2.05, 4.69) is 5.32 Å². The average Bonchev–Trinajstić information content (AvgIpc) is 2.99. The molecule has 1 amide bonds. The highest BCUT2D eigenvalue weighted by Gasteiger charge is 2.51. The topological polar surface area (TPSA) is 105 Å². The highest BCUT2D eigenvalue weighted by Crippen LogP contribution is 2.36. The van der Waals surface area contributed by atoms with E-state index in [-0.39, 0.29) is 12.0 Å². The van der Waals surface area contributed by atoms with Gasteiger partial charge in [0.15, 0.2) is 6.10 Å². The van der Waals surface area contributed by atoms with Crippen LogP contribution in [-0.2, 0) is 31.5 Å². The molecule has 0 aliphatic carbocycles. The van der Waals surface area contributed by atoms with Gasteiger partial charge in [-0.05, 0) is 56.4 Å². The molecule has 0 unspecified atom stereocenters. The lowest BCUT2D eigenvalue weighted by Gasteiger charge is -2.32. The fourth-order valence-corrected chi connectivity index (χ4v) is 3.48. The first-order valence-electron chi connectivity index (χ1n) is 10.9. The van der Waals surface area contributed by atoms with Gasteiger partial charge in [-0.2, -0.15) is 13.2 Å². The maximum Gasteiger partial charge on any atom is 0.494 e. The molecule has 7 nitrogen and oxygen atoms in total. The van der Waals surface area contributed by atoms with Crippen molar-refractivity contribution < 1.29 is 42.3 Å². The van der Waals surface area contributed by atoms with Crippen LogP contribution >= 0.6 is 0 Å². The molecular formula is C24H27BF3NO6. The van der Waals surface area contributed by atoms with Crippen LogP contribution in [0.15, 0.2) is 48.5 Å². The predicted octanol–water partition coefficient (Wildman–Crippen LogP) is 2.85. The second kappa shape index (κ2) is 9.64. The summed E-state index contributed by atoms with van der Waals surface area (Å²) in [5.74, 6) is -2.36. The van der Waals surface area contributed by atoms with Gasteiger partial charge in [0.1, 0.15) is 6.04 Å². The number of rotatable bonds is 7. The number of alkyl halides is 3. The van der Waals surface area contributed by atoms with Crippen molar-refractivity contribution in [3.8, 4) is 0 Å². The molecule has 3 N–H and O–H groups in total. The molecule has 1 aliphatic heterocycles. The molecule has 11 heteroatoms. The fraction of sp³-hybridized carbons (Fsp3) is 0.417. The predicted molar refractivity (Wildman–Crippen MR) is 122 cm³/mol. The fourth-order valence-electron chi connectivity index (χ4n) is 3.48. The van der Waals surface area contributed by atoms with Crippen LogP contribution in [0.5, 0.6) is 0 Å². The maximum absolute atomic E-state index is 12.7. The first-order chi connectivity index (χ1) is 16.1. The molecule has 1 fully saturated rings. The Bertz CT molecular complexity index is 1050. The van der Waals surface area contributed by atoms with Crippen LogP contribution < -0.4 is 10.8 Å². The van der Waals surface area contributed by atoms with E-state index in [1.165, 1.54) is 0 Å². The Morgan fingerprint density at radius 1 is 0.971 bits per heavy atom. The number of aliphatic hydroxyl groups excluding tert-OH is 1. The summed E-state index contributed by atoms with van der Waals surface area (Å²) < 4.78 is 50.1. The number of carbonyl (C=O) groups is 2. The van der Waals surface area contributed by atoms with Gasteiger partial charge < -0.3 is 24.8 Å². The van der Waals surface area contributed by atoms with Crippen molar-refractivity contribution in [2.24, 2.45) is 0 Å². The zero-order valence-electron chi connectivity index (χ0n) is 19.7. The summed E-state index contributed by atoms with van der Waals surface area (Å²) in [4.78, 5) is 24.1. The van der Waals surface area contributed by atoms with Gasteiger partial charge in [-0.1, -0.05) is 36.4 Å². The van der Waals surface area contributed by atoms with Gasteiger partial charge in [-0.15, -0.1) is 0 Å². The minimum Gasteiger partial charge on any atom is -0.480 e. The molecule has 2 aromatic carbocycles. The summed E-state index contributed by atoms with van der Waals surface area (Å²) >= 11 is 0. The molecule has 3 rings (SSSR count). The molecule has 1 saturated heterocycles. The summed E-state index contributed by atoms with van der Waals surface area (Å²) in [7, 11) is -0.581. The lowest BCUT2D eigenvalue weighted by molar-refractivity contribution is -0.143. The molecule has 2 atom stereocenters. The first-order valence-corrected chi connectivity index (χ1v) is 10.9. The number of carbonyl (C=O) groups excluding carboxylic acids is 1. The minimum atomic E-state index is -4.56. The van der Waals surface area contributed by atoms with E-state index >= 15 is 0 Å². The van der Waals surface area contributed by atoms with Gasteiger partial charge in [0.05, 0.1) is 16.8 Å². The lowest BCUT2D eigenvalue weighted by atomic mass is 9.78. The van der Waals surface area contributed by atoms with Gasteiger partial charge in [-0.25, -0.2) is 4.79 Å². The maximum atomic E-state index is 12.7. The third-order valence-electron chi connectivity index (χ3n) is 6.36. The SMILES string of the molecule is CC1(C)OB(c2ccc(C[C@H](NC(=O)[C@@H](O)c3ccc(C(F)(F)F)cc3)C(=O)O)cc2)OC1(C)C. The Morgan fingerprint density at radius 2 is 1.49 bits per heavy atom. The van der Waals surface area contributed by atoms with Crippen molar-refractivity contribution >= 4 is 24.5 Å². The van der Waals surface area contributed by atoms with Gasteiger partial charge >= 0.3 is 19.3 Å². The van der Waals surface area contributed by atoms with Crippen molar-refractivity contribution in [1.29, 1.82) is 0 Å². The Kier molecular flexibility index (Phi) is 7.36. The Balaban J connectivity index is 1.65. The smallest absolute Gasteiger partial charge is 0.480 e. The molecule has 0 saturated carbocycles. The number of hydrogen-bond donors (Lipinski definition) is 3. The Morgan fingerprint density at radius 3 is 1.94 bits per heavy atom. The van der Waals surface area contributed by atoms with Crippen molar-refractivity contribution in [2.45, 2.75) is 63.6 Å². The number of halogens is 3. The van der Waals surface area contributed by atoms with E-state index in [4.69, 9.17) is 9.31 Å². The summed E-state index contributed by atoms with van der Waals surface area (Å²) in [6.45, 7) is 7.72. The van der Waals surface area contributed by atoms with Crippen molar-refractivity contribution in [3.05, 3.63) is 65.2 Å². The van der Waals surface area contributed by atoms with E-state index < -0.39 is 54.1 Å². The van der Waals surface area contributed by atoms with Crippen LogP contribution in [0.3, 0.4) is 0 Å². The monoisotopic (exact) mass is 493 g/mol. The largest absolute Gasteiger partial charge is 0.494 e. The molecule has 0 bridgehead atoms. The Labute approximate surface area is 201 Å². The van der Waals surface area contributed by atoms with E-state index in [1.807, 2.05) is 27.7 Å². The van der Waals surface area contributed by atoms with E-state index in [0.29, 0.717) is 5.56 Å². The number of aliphatic hydroxyl groups is 1. The standard InChI is InChI=1S/C24H27BF3NO6/c1-22(2)23(3,4)35-25(34-22)17-11-5-14(6-12-17)13-18(21(32)33)29-20(31)19(30)15-7-9-16(10-8-15)24(26,27)28/h5-12,18-19,30H,13H2,1-4H3,(H,29,31)(H,32,33)/t18-,19-/m0/s1. The number of carboxylic acid groups (broad SMARTS) is 1. The molecule has 0 radical (unpaired) electrons. The quantitative estimate of drug-likeness (QED) is 0.513. The second-order valence-electron chi connectivity index (χ2n) is 9.46. The number of hydrogen-bond acceptors (Lipinski definition) is 5. The van der Waals surface area contributed by atoms with E-state index in [1.54, 1.807) is 24.3 Å². The summed E-state index contributed by atoms with van der Waals surface area (Å²) in [5.41, 5.74) is -0.693. The molecule has 1 heterocycles. The van der Waals surface area contributed by atoms with Gasteiger partial charge in [-0.3, -0.25) is 4.79 Å². The number of amides is 1. The van der Waals surface area contributed by atoms with Crippen LogP contribution in [0.4, 0.5) is 13.2 Å². The highest BCUT2D eigenvalue weighted by atomic mass is 19.4. The number of carboxylic acids is 1. The number of nitrogens with one attached hydrogen (secondary N) is 1. The summed E-state index contributed by atoms with van der Waals surface area (Å²) in [6, 6.07) is 8.92. The second-order valence-corrected chi connectivity index (χ2v) is 9.46. The van der Waals surface area contributed by atoms with Gasteiger partial charge in [0.25, 0.3) is 5.91 Å². The third kappa shape index (κ3) is 6.03. The zero-order chi connectivity index (χ0) is 26.2. The molecule has 188 valence electrons. The van der Waals surface area contributed by atoms with Gasteiger partial charge in [0.2, 0.25) is 0 Å². The Hall–Kier alpha value is -2.89. The minimum absolute atomic E-state index is 0.0789. The van der Waals surface area contributed by atoms with Crippen molar-refractivity contribution in [2.75, 3.05) is 0 Å².